The molecule has 11 heavy (non-hydrogen) atoms. The maximum Gasteiger partial charge on any atom is 0.0717 e. The molecule has 3 heteroatoms. The van der Waals surface area contributed by atoms with Crippen molar-refractivity contribution >= 4 is 0 Å². The van der Waals surface area contributed by atoms with E-state index < -0.39 is 0 Å². The van der Waals surface area contributed by atoms with Gasteiger partial charge in [0.1, 0.15) is 0 Å². The zero-order chi connectivity index (χ0) is 8.32. The van der Waals surface area contributed by atoms with Gasteiger partial charge in [0.15, 0.2) is 0 Å². The van der Waals surface area contributed by atoms with Gasteiger partial charge in [0.05, 0.1) is 6.10 Å². The molecule has 1 saturated heterocycles. The van der Waals surface area contributed by atoms with Gasteiger partial charge in [-0.15, -0.1) is 0 Å². The standard InChI is InChI=1S/C8H17NO2/c1-8(7(10)6-9)2-4-11-5-3-8/h7,10H,2-6,9H2,1H3/t7-/m0/s1. The van der Waals surface area contributed by atoms with Crippen LogP contribution in [-0.2, 0) is 4.74 Å². The first-order valence-electron chi connectivity index (χ1n) is 4.15. The quantitative estimate of drug-likeness (QED) is 0.602. The van der Waals surface area contributed by atoms with Crippen molar-refractivity contribution in [2.24, 2.45) is 11.1 Å². The Hall–Kier alpha value is -0.120. The Morgan fingerprint density at radius 3 is 2.55 bits per heavy atom. The fourth-order valence-electron chi connectivity index (χ4n) is 1.46. The third-order valence-corrected chi connectivity index (χ3v) is 2.66. The van der Waals surface area contributed by atoms with E-state index in [1.54, 1.807) is 0 Å². The van der Waals surface area contributed by atoms with Gasteiger partial charge in [0.25, 0.3) is 0 Å². The van der Waals surface area contributed by atoms with Crippen LogP contribution in [0.5, 0.6) is 0 Å². The molecule has 0 bridgehead atoms. The second kappa shape index (κ2) is 3.52. The average molecular weight is 159 g/mol. The molecule has 0 spiro atoms. The number of rotatable bonds is 2. The molecule has 0 radical (unpaired) electrons. The van der Waals surface area contributed by atoms with E-state index in [0.29, 0.717) is 6.54 Å². The molecule has 1 rings (SSSR count). The van der Waals surface area contributed by atoms with E-state index in [4.69, 9.17) is 10.5 Å². The van der Waals surface area contributed by atoms with Gasteiger partial charge >= 0.3 is 0 Å². The van der Waals surface area contributed by atoms with E-state index in [1.165, 1.54) is 0 Å². The highest BCUT2D eigenvalue weighted by Gasteiger charge is 2.33. The van der Waals surface area contributed by atoms with Crippen molar-refractivity contribution in [2.75, 3.05) is 19.8 Å². The monoisotopic (exact) mass is 159 g/mol. The van der Waals surface area contributed by atoms with Crippen LogP contribution in [0.4, 0.5) is 0 Å². The summed E-state index contributed by atoms with van der Waals surface area (Å²) in [5.41, 5.74) is 5.39. The summed E-state index contributed by atoms with van der Waals surface area (Å²) in [4.78, 5) is 0. The van der Waals surface area contributed by atoms with Crippen molar-refractivity contribution in [1.29, 1.82) is 0 Å². The lowest BCUT2D eigenvalue weighted by molar-refractivity contribution is -0.0468. The highest BCUT2D eigenvalue weighted by atomic mass is 16.5. The molecule has 1 aliphatic heterocycles. The third-order valence-electron chi connectivity index (χ3n) is 2.66. The van der Waals surface area contributed by atoms with Gasteiger partial charge < -0.3 is 15.6 Å². The summed E-state index contributed by atoms with van der Waals surface area (Å²) in [7, 11) is 0. The maximum atomic E-state index is 9.56. The van der Waals surface area contributed by atoms with Crippen molar-refractivity contribution in [2.45, 2.75) is 25.9 Å². The van der Waals surface area contributed by atoms with Crippen LogP contribution in [0.2, 0.25) is 0 Å². The number of hydrogen-bond acceptors (Lipinski definition) is 3. The molecule has 66 valence electrons. The molecule has 0 saturated carbocycles. The molecule has 3 nitrogen and oxygen atoms in total. The molecule has 1 fully saturated rings. The summed E-state index contributed by atoms with van der Waals surface area (Å²) in [5.74, 6) is 0. The van der Waals surface area contributed by atoms with Crippen LogP contribution in [0.15, 0.2) is 0 Å². The Morgan fingerprint density at radius 2 is 2.09 bits per heavy atom. The van der Waals surface area contributed by atoms with Gasteiger partial charge in [-0.05, 0) is 18.3 Å². The number of aliphatic hydroxyl groups is 1. The summed E-state index contributed by atoms with van der Waals surface area (Å²) >= 11 is 0. The summed E-state index contributed by atoms with van der Waals surface area (Å²) in [6.07, 6.45) is 1.47. The number of hydrogen-bond donors (Lipinski definition) is 2. The first-order chi connectivity index (χ1) is 5.19. The highest BCUT2D eigenvalue weighted by molar-refractivity contribution is 4.84. The number of aliphatic hydroxyl groups excluding tert-OH is 1. The largest absolute Gasteiger partial charge is 0.391 e. The van der Waals surface area contributed by atoms with Crippen LogP contribution in [0.1, 0.15) is 19.8 Å². The second-order valence-electron chi connectivity index (χ2n) is 3.52. The number of nitrogens with two attached hydrogens (primary N) is 1. The SMILES string of the molecule is CC1([C@@H](O)CN)CCOCC1. The van der Waals surface area contributed by atoms with Crippen molar-refractivity contribution in [3.05, 3.63) is 0 Å². The molecule has 0 aromatic rings. The predicted molar refractivity (Wildman–Crippen MR) is 43.2 cm³/mol. The highest BCUT2D eigenvalue weighted by Crippen LogP contribution is 2.32. The zero-order valence-corrected chi connectivity index (χ0v) is 7.05. The summed E-state index contributed by atoms with van der Waals surface area (Å²) in [6, 6.07) is 0. The lowest BCUT2D eigenvalue weighted by Gasteiger charge is -2.37. The molecule has 0 aliphatic carbocycles. The third kappa shape index (κ3) is 1.92. The summed E-state index contributed by atoms with van der Waals surface area (Å²) in [5, 5.41) is 9.56. The fraction of sp³-hybridized carbons (Fsp3) is 1.00. The smallest absolute Gasteiger partial charge is 0.0717 e. The van der Waals surface area contributed by atoms with E-state index in [1.807, 2.05) is 0 Å². The normalized spacial score (nSPS) is 26.5. The minimum atomic E-state index is -0.369. The van der Waals surface area contributed by atoms with Crippen molar-refractivity contribution in [3.63, 3.8) is 0 Å². The molecule has 3 N–H and O–H groups in total. The molecule has 1 atom stereocenters. The van der Waals surface area contributed by atoms with Crippen LogP contribution in [-0.4, -0.2) is 31.0 Å². The molecular weight excluding hydrogens is 142 g/mol. The van der Waals surface area contributed by atoms with Crippen molar-refractivity contribution in [1.82, 2.24) is 0 Å². The topological polar surface area (TPSA) is 55.5 Å². The Morgan fingerprint density at radius 1 is 1.55 bits per heavy atom. The van der Waals surface area contributed by atoms with Crippen LogP contribution in [0.3, 0.4) is 0 Å². The van der Waals surface area contributed by atoms with Crippen LogP contribution >= 0.6 is 0 Å². The molecule has 0 amide bonds. The van der Waals surface area contributed by atoms with E-state index in [9.17, 15) is 5.11 Å². The van der Waals surface area contributed by atoms with Gasteiger partial charge in [-0.3, -0.25) is 0 Å². The van der Waals surface area contributed by atoms with E-state index >= 15 is 0 Å². The average Bonchev–Trinajstić information content (AvgIpc) is 2.04. The molecule has 1 aliphatic rings. The van der Waals surface area contributed by atoms with Gasteiger partial charge in [0, 0.05) is 19.8 Å². The van der Waals surface area contributed by atoms with Crippen molar-refractivity contribution < 1.29 is 9.84 Å². The summed E-state index contributed by atoms with van der Waals surface area (Å²) < 4.78 is 5.21. The van der Waals surface area contributed by atoms with Gasteiger partial charge in [-0.25, -0.2) is 0 Å². The molecule has 0 unspecified atom stereocenters. The van der Waals surface area contributed by atoms with Gasteiger partial charge in [-0.1, -0.05) is 6.92 Å². The van der Waals surface area contributed by atoms with Gasteiger partial charge in [0.2, 0.25) is 0 Å². The van der Waals surface area contributed by atoms with Crippen LogP contribution in [0, 0.1) is 5.41 Å². The minimum absolute atomic E-state index is 0.00694. The van der Waals surface area contributed by atoms with Gasteiger partial charge in [-0.2, -0.15) is 0 Å². The number of ether oxygens (including phenoxy) is 1. The molecule has 0 aromatic heterocycles. The second-order valence-corrected chi connectivity index (χ2v) is 3.52. The minimum Gasteiger partial charge on any atom is -0.391 e. The lowest BCUT2D eigenvalue weighted by atomic mass is 9.77. The van der Waals surface area contributed by atoms with E-state index in [0.717, 1.165) is 26.1 Å². The lowest BCUT2D eigenvalue weighted by Crippen LogP contribution is -2.42. The van der Waals surface area contributed by atoms with Crippen LogP contribution in [0.25, 0.3) is 0 Å². The molecule has 0 aromatic carbocycles. The Labute approximate surface area is 67.5 Å². The Kier molecular flexibility index (Phi) is 2.87. The predicted octanol–water partition coefficient (Wildman–Crippen LogP) is 0.123. The van der Waals surface area contributed by atoms with Crippen LogP contribution < -0.4 is 5.73 Å². The molecular formula is C8H17NO2. The summed E-state index contributed by atoms with van der Waals surface area (Å²) in [6.45, 7) is 3.95. The van der Waals surface area contributed by atoms with Crippen molar-refractivity contribution in [3.8, 4) is 0 Å². The van der Waals surface area contributed by atoms with E-state index in [-0.39, 0.29) is 11.5 Å². The first kappa shape index (κ1) is 8.97. The Balaban J connectivity index is 2.49. The first-order valence-corrected chi connectivity index (χ1v) is 4.15. The fourth-order valence-corrected chi connectivity index (χ4v) is 1.46. The maximum absolute atomic E-state index is 9.56. The zero-order valence-electron chi connectivity index (χ0n) is 7.05. The molecule has 1 heterocycles. The Bertz CT molecular complexity index is 121. The van der Waals surface area contributed by atoms with E-state index in [2.05, 4.69) is 6.92 Å².